The van der Waals surface area contributed by atoms with E-state index in [-0.39, 0.29) is 5.91 Å². The van der Waals surface area contributed by atoms with Crippen molar-refractivity contribution in [2.24, 2.45) is 0 Å². The van der Waals surface area contributed by atoms with Crippen LogP contribution in [-0.4, -0.2) is 28.3 Å². The fourth-order valence-electron chi connectivity index (χ4n) is 2.34. The highest BCUT2D eigenvalue weighted by Crippen LogP contribution is 2.25. The molecule has 0 aromatic rings. The molecule has 1 atom stereocenters. The molecule has 0 saturated heterocycles. The Hall–Kier alpha value is -1.03. The predicted octanol–water partition coefficient (Wildman–Crippen LogP) is 0.931. The van der Waals surface area contributed by atoms with Gasteiger partial charge >= 0.3 is 0 Å². The van der Waals surface area contributed by atoms with E-state index in [1.165, 1.54) is 19.3 Å². The van der Waals surface area contributed by atoms with Crippen LogP contribution in [0.2, 0.25) is 0 Å². The Morgan fingerprint density at radius 1 is 1.40 bits per heavy atom. The van der Waals surface area contributed by atoms with Crippen LogP contribution in [0.3, 0.4) is 0 Å². The van der Waals surface area contributed by atoms with Crippen LogP contribution < -0.4 is 5.32 Å². The Labute approximate surface area is 90.0 Å². The molecule has 0 radical (unpaired) electrons. The van der Waals surface area contributed by atoms with Crippen LogP contribution in [0.15, 0.2) is 11.8 Å². The van der Waals surface area contributed by atoms with Gasteiger partial charge in [-0.1, -0.05) is 19.3 Å². The van der Waals surface area contributed by atoms with E-state index < -0.39 is 6.35 Å². The van der Waals surface area contributed by atoms with Crippen molar-refractivity contribution in [1.29, 1.82) is 0 Å². The highest BCUT2D eigenvalue weighted by Gasteiger charge is 2.28. The van der Waals surface area contributed by atoms with E-state index in [4.69, 9.17) is 0 Å². The smallest absolute Gasteiger partial charge is 0.251 e. The van der Waals surface area contributed by atoms with Crippen molar-refractivity contribution in [3.05, 3.63) is 11.8 Å². The summed E-state index contributed by atoms with van der Waals surface area (Å²) in [7, 11) is 0. The molecule has 1 heterocycles. The summed E-state index contributed by atoms with van der Waals surface area (Å²) >= 11 is 0. The summed E-state index contributed by atoms with van der Waals surface area (Å²) in [5.74, 6) is -0.172. The molecule has 15 heavy (non-hydrogen) atoms. The van der Waals surface area contributed by atoms with E-state index in [1.807, 2.05) is 4.90 Å². The van der Waals surface area contributed by atoms with Gasteiger partial charge in [0.2, 0.25) is 6.35 Å². The molecule has 1 saturated carbocycles. The summed E-state index contributed by atoms with van der Waals surface area (Å²) in [6, 6.07) is 0.379. The average Bonchev–Trinajstić information content (AvgIpc) is 2.25. The maximum absolute atomic E-state index is 11.3. The Bertz CT molecular complexity index is 282. The second-order valence-electron chi connectivity index (χ2n) is 4.40. The second-order valence-corrected chi connectivity index (χ2v) is 4.40. The molecule has 0 aromatic heterocycles. The molecule has 0 aromatic carbocycles. The molecule has 4 heteroatoms. The monoisotopic (exact) mass is 210 g/mol. The van der Waals surface area contributed by atoms with Gasteiger partial charge in [-0.2, -0.15) is 0 Å². The maximum atomic E-state index is 11.3. The van der Waals surface area contributed by atoms with Crippen molar-refractivity contribution in [2.75, 3.05) is 0 Å². The minimum Gasteiger partial charge on any atom is -0.356 e. The topological polar surface area (TPSA) is 52.6 Å². The first-order chi connectivity index (χ1) is 7.18. The normalized spacial score (nSPS) is 28.7. The van der Waals surface area contributed by atoms with Crippen molar-refractivity contribution in [2.45, 2.75) is 51.4 Å². The van der Waals surface area contributed by atoms with Crippen LogP contribution in [0.5, 0.6) is 0 Å². The lowest BCUT2D eigenvalue weighted by Crippen LogP contribution is -2.53. The van der Waals surface area contributed by atoms with E-state index in [9.17, 15) is 9.90 Å². The number of carbonyl (C=O) groups is 1. The summed E-state index contributed by atoms with van der Waals surface area (Å²) in [4.78, 5) is 13.2. The molecule has 2 rings (SSSR count). The second kappa shape index (κ2) is 4.23. The Balaban J connectivity index is 2.09. The lowest BCUT2D eigenvalue weighted by Gasteiger charge is -2.39. The number of nitrogens with one attached hydrogen (secondary N) is 1. The minimum atomic E-state index is -0.843. The van der Waals surface area contributed by atoms with Crippen LogP contribution >= 0.6 is 0 Å². The zero-order valence-corrected chi connectivity index (χ0v) is 9.07. The zero-order valence-electron chi connectivity index (χ0n) is 9.07. The van der Waals surface area contributed by atoms with Gasteiger partial charge < -0.3 is 15.3 Å². The molecule has 1 unspecified atom stereocenters. The Morgan fingerprint density at radius 3 is 2.73 bits per heavy atom. The number of amides is 1. The molecule has 1 fully saturated rings. The standard InChI is InChI=1S/C11H18N2O2/c1-8-7-13(11(15)12-10(8)14)9-5-3-2-4-6-9/h7,9,11,15H,2-6H2,1H3,(H,12,14). The number of aliphatic hydroxyl groups is 1. The fourth-order valence-corrected chi connectivity index (χ4v) is 2.34. The summed E-state index contributed by atoms with van der Waals surface area (Å²) in [6.07, 6.45) is 6.88. The van der Waals surface area contributed by atoms with E-state index in [0.717, 1.165) is 12.8 Å². The van der Waals surface area contributed by atoms with Gasteiger partial charge in [0.15, 0.2) is 0 Å². The average molecular weight is 210 g/mol. The highest BCUT2D eigenvalue weighted by atomic mass is 16.3. The summed E-state index contributed by atoms with van der Waals surface area (Å²) in [5, 5.41) is 12.3. The van der Waals surface area contributed by atoms with Gasteiger partial charge in [0.1, 0.15) is 0 Å². The first-order valence-electron chi connectivity index (χ1n) is 5.63. The molecule has 2 N–H and O–H groups in total. The molecule has 2 aliphatic rings. The molecule has 0 bridgehead atoms. The zero-order chi connectivity index (χ0) is 10.8. The van der Waals surface area contributed by atoms with E-state index in [2.05, 4.69) is 5.32 Å². The fraction of sp³-hybridized carbons (Fsp3) is 0.727. The predicted molar refractivity (Wildman–Crippen MR) is 56.6 cm³/mol. The highest BCUT2D eigenvalue weighted by molar-refractivity contribution is 5.93. The van der Waals surface area contributed by atoms with Crippen LogP contribution in [-0.2, 0) is 4.79 Å². The lowest BCUT2D eigenvalue weighted by molar-refractivity contribution is -0.127. The van der Waals surface area contributed by atoms with E-state index in [0.29, 0.717) is 11.6 Å². The van der Waals surface area contributed by atoms with Crippen molar-refractivity contribution in [1.82, 2.24) is 10.2 Å². The quantitative estimate of drug-likeness (QED) is 0.677. The number of rotatable bonds is 1. The third-order valence-electron chi connectivity index (χ3n) is 3.24. The van der Waals surface area contributed by atoms with Gasteiger partial charge in [-0.15, -0.1) is 0 Å². The molecular formula is C11H18N2O2. The summed E-state index contributed by atoms with van der Waals surface area (Å²) in [6.45, 7) is 1.77. The van der Waals surface area contributed by atoms with Crippen LogP contribution in [0.25, 0.3) is 0 Å². The molecular weight excluding hydrogens is 192 g/mol. The minimum absolute atomic E-state index is 0.172. The Kier molecular flexibility index (Phi) is 2.95. The van der Waals surface area contributed by atoms with Crippen molar-refractivity contribution >= 4 is 5.91 Å². The SMILES string of the molecule is CC1=CN(C2CCCCC2)C(O)NC1=O. The third kappa shape index (κ3) is 2.15. The van der Waals surface area contributed by atoms with Gasteiger partial charge in [0, 0.05) is 17.8 Å². The van der Waals surface area contributed by atoms with E-state index in [1.54, 1.807) is 13.1 Å². The number of nitrogens with zero attached hydrogens (tertiary/aromatic N) is 1. The number of carbonyl (C=O) groups excluding carboxylic acids is 1. The summed E-state index contributed by atoms with van der Waals surface area (Å²) in [5.41, 5.74) is 0.672. The van der Waals surface area contributed by atoms with Crippen LogP contribution in [0, 0.1) is 0 Å². The van der Waals surface area contributed by atoms with Gasteiger partial charge in [0.25, 0.3) is 5.91 Å². The number of hydrogen-bond acceptors (Lipinski definition) is 3. The van der Waals surface area contributed by atoms with Crippen LogP contribution in [0.4, 0.5) is 0 Å². The van der Waals surface area contributed by atoms with Crippen LogP contribution in [0.1, 0.15) is 39.0 Å². The maximum Gasteiger partial charge on any atom is 0.251 e. The van der Waals surface area contributed by atoms with Gasteiger partial charge in [-0.3, -0.25) is 4.79 Å². The number of hydrogen-bond donors (Lipinski definition) is 2. The Morgan fingerprint density at radius 2 is 2.07 bits per heavy atom. The molecule has 0 spiro atoms. The third-order valence-corrected chi connectivity index (χ3v) is 3.24. The molecule has 1 amide bonds. The van der Waals surface area contributed by atoms with Crippen molar-refractivity contribution in [3.8, 4) is 0 Å². The van der Waals surface area contributed by atoms with E-state index >= 15 is 0 Å². The molecule has 1 aliphatic heterocycles. The van der Waals surface area contributed by atoms with Crippen molar-refractivity contribution in [3.63, 3.8) is 0 Å². The molecule has 4 nitrogen and oxygen atoms in total. The first-order valence-corrected chi connectivity index (χ1v) is 5.63. The molecule has 84 valence electrons. The van der Waals surface area contributed by atoms with Gasteiger partial charge in [-0.05, 0) is 19.8 Å². The van der Waals surface area contributed by atoms with Gasteiger partial charge in [0.05, 0.1) is 0 Å². The first kappa shape index (κ1) is 10.5. The largest absolute Gasteiger partial charge is 0.356 e. The number of aliphatic hydroxyl groups excluding tert-OH is 1. The van der Waals surface area contributed by atoms with Crippen molar-refractivity contribution < 1.29 is 9.90 Å². The van der Waals surface area contributed by atoms with Gasteiger partial charge in [-0.25, -0.2) is 0 Å². The molecule has 1 aliphatic carbocycles. The summed E-state index contributed by atoms with van der Waals surface area (Å²) < 4.78 is 0. The lowest BCUT2D eigenvalue weighted by atomic mass is 9.94.